The molecule has 0 spiro atoms. The highest BCUT2D eigenvalue weighted by molar-refractivity contribution is 5.98. The van der Waals surface area contributed by atoms with Crippen LogP contribution in [-0.4, -0.2) is 29.9 Å². The van der Waals surface area contributed by atoms with Crippen molar-refractivity contribution in [3.63, 3.8) is 0 Å². The van der Waals surface area contributed by atoms with Gasteiger partial charge in [-0.1, -0.05) is 200 Å². The lowest BCUT2D eigenvalue weighted by atomic mass is 9.85. The fraction of sp³-hybridized carbons (Fsp3) is 0. The molecule has 7 nitrogen and oxygen atoms in total. The van der Waals surface area contributed by atoms with Gasteiger partial charge >= 0.3 is 0 Å². The van der Waals surface area contributed by atoms with Crippen LogP contribution in [0.15, 0.2) is 212 Å². The second-order valence-corrected chi connectivity index (χ2v) is 14.6. The van der Waals surface area contributed by atoms with Crippen LogP contribution < -0.4 is 0 Å². The summed E-state index contributed by atoms with van der Waals surface area (Å²) in [5, 5.41) is 9.65. The van der Waals surface area contributed by atoms with E-state index in [1.54, 1.807) is 0 Å². The van der Waals surface area contributed by atoms with E-state index in [0.717, 1.165) is 66.8 Å². The van der Waals surface area contributed by atoms with Crippen LogP contribution in [0.1, 0.15) is 5.56 Å². The number of hydrogen-bond donors (Lipinski definition) is 0. The van der Waals surface area contributed by atoms with E-state index in [1.807, 2.05) is 158 Å². The molecule has 62 heavy (non-hydrogen) atoms. The highest BCUT2D eigenvalue weighted by atomic mass is 15.0. The first-order valence-corrected chi connectivity index (χ1v) is 20.3. The number of rotatable bonds is 9. The van der Waals surface area contributed by atoms with Gasteiger partial charge in [-0.2, -0.15) is 5.26 Å². The lowest BCUT2D eigenvalue weighted by molar-refractivity contribution is 1.07. The number of hydrogen-bond acceptors (Lipinski definition) is 7. The molecule has 290 valence electrons. The second kappa shape index (κ2) is 16.9. The summed E-state index contributed by atoms with van der Waals surface area (Å²) >= 11 is 0. The molecule has 8 aromatic carbocycles. The molecule has 0 unspecified atom stereocenters. The third-order valence-corrected chi connectivity index (χ3v) is 10.7. The molecule has 0 saturated carbocycles. The van der Waals surface area contributed by atoms with Crippen molar-refractivity contribution in [1.29, 1.82) is 5.26 Å². The molecule has 7 heteroatoms. The van der Waals surface area contributed by atoms with Crippen LogP contribution in [0.25, 0.3) is 102 Å². The molecular formula is C55H35N7. The first-order chi connectivity index (χ1) is 30.7. The van der Waals surface area contributed by atoms with Crippen LogP contribution >= 0.6 is 0 Å². The summed E-state index contributed by atoms with van der Waals surface area (Å²) < 4.78 is 0. The molecule has 2 aromatic heterocycles. The minimum absolute atomic E-state index is 0.566. The quantitative estimate of drug-likeness (QED) is 0.143. The Bertz CT molecular complexity index is 3090. The lowest BCUT2D eigenvalue weighted by Gasteiger charge is -2.19. The maximum Gasteiger partial charge on any atom is 0.164 e. The van der Waals surface area contributed by atoms with Crippen LogP contribution in [0.2, 0.25) is 0 Å². The Kier molecular flexibility index (Phi) is 10.2. The zero-order valence-corrected chi connectivity index (χ0v) is 33.3. The molecule has 10 rings (SSSR count). The van der Waals surface area contributed by atoms with E-state index in [-0.39, 0.29) is 0 Å². The standard InChI is InChI=1S/C55H35N7/c56-36-37-28-30-38(31-29-37)45-26-15-27-47(46-24-13-14-25-48(46)55-61-52(42-20-9-3-10-21-42)60-53(62-55)43-22-11-4-12-23-43)49(45)39-32-34-44(35-33-39)54-58-50(40-16-5-1-6-17-40)57-51(59-54)41-18-7-2-8-19-41/h1-35H. The fourth-order valence-electron chi connectivity index (χ4n) is 7.62. The molecule has 0 saturated heterocycles. The lowest BCUT2D eigenvalue weighted by Crippen LogP contribution is -2.01. The second-order valence-electron chi connectivity index (χ2n) is 14.6. The Morgan fingerprint density at radius 3 is 1.00 bits per heavy atom. The molecule has 0 atom stereocenters. The van der Waals surface area contributed by atoms with Crippen molar-refractivity contribution in [3.05, 3.63) is 218 Å². The van der Waals surface area contributed by atoms with Gasteiger partial charge in [-0.15, -0.1) is 0 Å². The molecule has 0 amide bonds. The van der Waals surface area contributed by atoms with Gasteiger partial charge in [0.15, 0.2) is 34.9 Å². The number of nitriles is 1. The van der Waals surface area contributed by atoms with Crippen molar-refractivity contribution < 1.29 is 0 Å². The number of benzene rings is 8. The van der Waals surface area contributed by atoms with E-state index >= 15 is 0 Å². The van der Waals surface area contributed by atoms with Crippen molar-refractivity contribution in [2.75, 3.05) is 0 Å². The smallest absolute Gasteiger partial charge is 0.164 e. The summed E-state index contributed by atoms with van der Waals surface area (Å²) in [6.45, 7) is 0. The van der Waals surface area contributed by atoms with Gasteiger partial charge < -0.3 is 0 Å². The Morgan fingerprint density at radius 2 is 0.565 bits per heavy atom. The van der Waals surface area contributed by atoms with Gasteiger partial charge in [-0.25, -0.2) is 29.9 Å². The number of nitrogens with zero attached hydrogens (tertiary/aromatic N) is 7. The van der Waals surface area contributed by atoms with Crippen molar-refractivity contribution in [2.24, 2.45) is 0 Å². The zero-order chi connectivity index (χ0) is 41.7. The van der Waals surface area contributed by atoms with E-state index in [0.29, 0.717) is 40.5 Å². The van der Waals surface area contributed by atoms with Gasteiger partial charge in [0.25, 0.3) is 0 Å². The Balaban J connectivity index is 1.14. The summed E-state index contributed by atoms with van der Waals surface area (Å²) in [7, 11) is 0. The largest absolute Gasteiger partial charge is 0.208 e. The van der Waals surface area contributed by atoms with Gasteiger partial charge in [0.2, 0.25) is 0 Å². The van der Waals surface area contributed by atoms with Crippen LogP contribution in [0, 0.1) is 11.3 Å². The van der Waals surface area contributed by atoms with E-state index in [9.17, 15) is 5.26 Å². The normalized spacial score (nSPS) is 10.9. The van der Waals surface area contributed by atoms with Crippen LogP contribution in [0.3, 0.4) is 0 Å². The molecule has 0 aliphatic carbocycles. The monoisotopic (exact) mass is 793 g/mol. The molecule has 10 aromatic rings. The SMILES string of the molecule is N#Cc1ccc(-c2cccc(-c3ccccc3-c3nc(-c4ccccc4)nc(-c4ccccc4)n3)c2-c2ccc(-c3nc(-c4ccccc4)nc(-c4ccccc4)n3)cc2)cc1. The summed E-state index contributed by atoms with van der Waals surface area (Å²) in [5.41, 5.74) is 11.9. The van der Waals surface area contributed by atoms with Crippen molar-refractivity contribution in [3.8, 4) is 108 Å². The van der Waals surface area contributed by atoms with Gasteiger partial charge in [0, 0.05) is 33.4 Å². The van der Waals surface area contributed by atoms with Gasteiger partial charge in [-0.3, -0.25) is 0 Å². The molecule has 0 N–H and O–H groups in total. The predicted molar refractivity (Wildman–Crippen MR) is 247 cm³/mol. The van der Waals surface area contributed by atoms with E-state index < -0.39 is 0 Å². The highest BCUT2D eigenvalue weighted by Crippen LogP contribution is 2.43. The zero-order valence-electron chi connectivity index (χ0n) is 33.3. The minimum Gasteiger partial charge on any atom is -0.208 e. The molecule has 0 bridgehead atoms. The van der Waals surface area contributed by atoms with Gasteiger partial charge in [0.05, 0.1) is 11.6 Å². The van der Waals surface area contributed by atoms with Gasteiger partial charge in [-0.05, 0) is 45.5 Å². The predicted octanol–water partition coefficient (Wildman–Crippen LogP) is 12.9. The molecule has 0 fully saturated rings. The Hall–Kier alpha value is -8.73. The number of aromatic nitrogens is 6. The summed E-state index contributed by atoms with van der Waals surface area (Å²) in [6.07, 6.45) is 0. The van der Waals surface area contributed by atoms with E-state index in [4.69, 9.17) is 29.9 Å². The van der Waals surface area contributed by atoms with E-state index in [1.165, 1.54) is 0 Å². The molecule has 0 radical (unpaired) electrons. The average Bonchev–Trinajstić information content (AvgIpc) is 3.37. The van der Waals surface area contributed by atoms with Gasteiger partial charge in [0.1, 0.15) is 0 Å². The first-order valence-electron chi connectivity index (χ1n) is 20.3. The topological polar surface area (TPSA) is 101 Å². The molecule has 0 aliphatic rings. The summed E-state index contributed by atoms with van der Waals surface area (Å²) in [4.78, 5) is 30.0. The fourth-order valence-corrected chi connectivity index (χ4v) is 7.62. The first kappa shape index (κ1) is 37.5. The van der Waals surface area contributed by atoms with Crippen LogP contribution in [0.4, 0.5) is 0 Å². The molecule has 0 aliphatic heterocycles. The Labute approximate surface area is 359 Å². The summed E-state index contributed by atoms with van der Waals surface area (Å²) in [5.74, 6) is 3.54. The Morgan fingerprint density at radius 1 is 0.242 bits per heavy atom. The third-order valence-electron chi connectivity index (χ3n) is 10.7. The average molecular weight is 794 g/mol. The van der Waals surface area contributed by atoms with Crippen molar-refractivity contribution in [2.45, 2.75) is 0 Å². The molecular weight excluding hydrogens is 759 g/mol. The maximum absolute atomic E-state index is 9.65. The van der Waals surface area contributed by atoms with Crippen LogP contribution in [0.5, 0.6) is 0 Å². The van der Waals surface area contributed by atoms with Crippen molar-refractivity contribution >= 4 is 0 Å². The van der Waals surface area contributed by atoms with Crippen LogP contribution in [-0.2, 0) is 0 Å². The highest BCUT2D eigenvalue weighted by Gasteiger charge is 2.21. The third kappa shape index (κ3) is 7.63. The van der Waals surface area contributed by atoms with E-state index in [2.05, 4.69) is 60.7 Å². The maximum atomic E-state index is 9.65. The summed E-state index contributed by atoms with van der Waals surface area (Å²) in [6, 6.07) is 73.0. The molecule has 2 heterocycles. The van der Waals surface area contributed by atoms with Crippen molar-refractivity contribution in [1.82, 2.24) is 29.9 Å². The minimum atomic E-state index is 0.566.